The van der Waals surface area contributed by atoms with Crippen molar-refractivity contribution >= 4 is 18.4 Å². The van der Waals surface area contributed by atoms with Gasteiger partial charge in [0.2, 0.25) is 0 Å². The summed E-state index contributed by atoms with van der Waals surface area (Å²) in [5.41, 5.74) is 0. The highest BCUT2D eigenvalue weighted by Crippen LogP contribution is 1.93. The molecular formula is C5H11ClO3. The van der Waals surface area contributed by atoms with Crippen molar-refractivity contribution in [2.24, 2.45) is 5.92 Å². The number of hydrogen-bond donors (Lipinski definition) is 1. The Morgan fingerprint density at radius 1 is 1.67 bits per heavy atom. The Morgan fingerprint density at radius 2 is 2.11 bits per heavy atom. The SMILES string of the molecule is CC(C)C(=O)OCO.Cl. The summed E-state index contributed by atoms with van der Waals surface area (Å²) >= 11 is 0. The van der Waals surface area contributed by atoms with Gasteiger partial charge in [0, 0.05) is 0 Å². The zero-order chi connectivity index (χ0) is 6.57. The van der Waals surface area contributed by atoms with E-state index in [1.165, 1.54) is 0 Å². The Balaban J connectivity index is 0. The van der Waals surface area contributed by atoms with Gasteiger partial charge >= 0.3 is 5.97 Å². The van der Waals surface area contributed by atoms with Crippen LogP contribution in [0, 0.1) is 5.92 Å². The molecular weight excluding hydrogens is 144 g/mol. The third kappa shape index (κ3) is 5.59. The normalized spacial score (nSPS) is 8.44. The molecule has 0 spiro atoms. The average Bonchev–Trinajstić information content (AvgIpc) is 1.67. The minimum absolute atomic E-state index is 0. The second-order valence-corrected chi connectivity index (χ2v) is 1.75. The van der Waals surface area contributed by atoms with Crippen LogP contribution in [0.25, 0.3) is 0 Å². The first kappa shape index (κ1) is 11.5. The summed E-state index contributed by atoms with van der Waals surface area (Å²) in [7, 11) is 0. The van der Waals surface area contributed by atoms with Crippen molar-refractivity contribution in [3.63, 3.8) is 0 Å². The minimum Gasteiger partial charge on any atom is -0.438 e. The van der Waals surface area contributed by atoms with E-state index in [1.807, 2.05) is 0 Å². The molecule has 0 bridgehead atoms. The Labute approximate surface area is 60.4 Å². The van der Waals surface area contributed by atoms with Crippen LogP contribution < -0.4 is 0 Å². The Kier molecular flexibility index (Phi) is 7.48. The van der Waals surface area contributed by atoms with E-state index in [9.17, 15) is 4.79 Å². The van der Waals surface area contributed by atoms with Crippen molar-refractivity contribution in [3.8, 4) is 0 Å². The van der Waals surface area contributed by atoms with Crippen LogP contribution >= 0.6 is 12.4 Å². The van der Waals surface area contributed by atoms with E-state index < -0.39 is 6.79 Å². The molecule has 4 heteroatoms. The Bertz CT molecular complexity index is 82.3. The maximum absolute atomic E-state index is 10.4. The van der Waals surface area contributed by atoms with Crippen molar-refractivity contribution in [3.05, 3.63) is 0 Å². The molecule has 0 aromatic carbocycles. The molecule has 0 aliphatic rings. The third-order valence-corrected chi connectivity index (χ3v) is 0.678. The summed E-state index contributed by atoms with van der Waals surface area (Å²) in [6, 6.07) is 0. The number of hydrogen-bond acceptors (Lipinski definition) is 3. The van der Waals surface area contributed by atoms with E-state index in [0.29, 0.717) is 0 Å². The molecule has 0 aliphatic heterocycles. The zero-order valence-corrected chi connectivity index (χ0v) is 6.27. The van der Waals surface area contributed by atoms with Gasteiger partial charge in [0.25, 0.3) is 0 Å². The van der Waals surface area contributed by atoms with Gasteiger partial charge in [-0.1, -0.05) is 13.8 Å². The van der Waals surface area contributed by atoms with Crippen LogP contribution in [0.1, 0.15) is 13.8 Å². The summed E-state index contributed by atoms with van der Waals surface area (Å²) in [5.74, 6) is -0.519. The fourth-order valence-corrected chi connectivity index (χ4v) is 0.230. The largest absolute Gasteiger partial charge is 0.438 e. The highest BCUT2D eigenvalue weighted by atomic mass is 35.5. The number of carbonyl (C=O) groups is 1. The lowest BCUT2D eigenvalue weighted by Crippen LogP contribution is -2.11. The smallest absolute Gasteiger partial charge is 0.310 e. The topological polar surface area (TPSA) is 46.5 Å². The maximum Gasteiger partial charge on any atom is 0.310 e. The van der Waals surface area contributed by atoms with E-state index in [1.54, 1.807) is 13.8 Å². The van der Waals surface area contributed by atoms with Gasteiger partial charge in [-0.05, 0) is 0 Å². The molecule has 56 valence electrons. The van der Waals surface area contributed by atoms with Gasteiger partial charge in [-0.15, -0.1) is 12.4 Å². The molecule has 1 N–H and O–H groups in total. The van der Waals surface area contributed by atoms with Crippen molar-refractivity contribution in [2.45, 2.75) is 13.8 Å². The summed E-state index contributed by atoms with van der Waals surface area (Å²) < 4.78 is 4.22. The molecule has 0 aromatic heterocycles. The van der Waals surface area contributed by atoms with Gasteiger partial charge in [-0.25, -0.2) is 0 Å². The van der Waals surface area contributed by atoms with E-state index in [4.69, 9.17) is 5.11 Å². The van der Waals surface area contributed by atoms with E-state index >= 15 is 0 Å². The predicted molar refractivity (Wildman–Crippen MR) is 35.3 cm³/mol. The molecule has 9 heavy (non-hydrogen) atoms. The Morgan fingerprint density at radius 3 is 2.22 bits per heavy atom. The van der Waals surface area contributed by atoms with Gasteiger partial charge < -0.3 is 9.84 Å². The minimum atomic E-state index is -0.517. The molecule has 0 aliphatic carbocycles. The first-order chi connectivity index (χ1) is 3.68. The van der Waals surface area contributed by atoms with Crippen LogP contribution in [0.4, 0.5) is 0 Å². The number of halogens is 1. The predicted octanol–water partition coefficient (Wildman–Crippen LogP) is 0.557. The van der Waals surface area contributed by atoms with Crippen molar-refractivity contribution in [2.75, 3.05) is 6.79 Å². The lowest BCUT2D eigenvalue weighted by molar-refractivity contribution is -0.155. The first-order valence-corrected chi connectivity index (χ1v) is 2.46. The molecule has 0 amide bonds. The van der Waals surface area contributed by atoms with Crippen LogP contribution in [-0.4, -0.2) is 17.9 Å². The summed E-state index contributed by atoms with van der Waals surface area (Å²) in [6.07, 6.45) is 0. The Hall–Kier alpha value is -0.280. The van der Waals surface area contributed by atoms with Crippen molar-refractivity contribution in [1.82, 2.24) is 0 Å². The highest BCUT2D eigenvalue weighted by Gasteiger charge is 2.05. The third-order valence-electron chi connectivity index (χ3n) is 0.678. The number of aliphatic hydroxyl groups excluding tert-OH is 1. The van der Waals surface area contributed by atoms with Crippen molar-refractivity contribution in [1.29, 1.82) is 0 Å². The average molecular weight is 155 g/mol. The van der Waals surface area contributed by atoms with Gasteiger partial charge in [0.1, 0.15) is 0 Å². The number of rotatable bonds is 2. The molecule has 0 saturated carbocycles. The van der Waals surface area contributed by atoms with Crippen LogP contribution in [0.15, 0.2) is 0 Å². The lowest BCUT2D eigenvalue weighted by Gasteiger charge is -2.01. The molecule has 0 atom stereocenters. The zero-order valence-electron chi connectivity index (χ0n) is 5.46. The molecule has 0 aromatic rings. The van der Waals surface area contributed by atoms with Gasteiger partial charge in [-0.3, -0.25) is 4.79 Å². The molecule has 0 rings (SSSR count). The summed E-state index contributed by atoms with van der Waals surface area (Å²) in [5, 5.41) is 8.04. The van der Waals surface area contributed by atoms with Gasteiger partial charge in [-0.2, -0.15) is 0 Å². The molecule has 3 nitrogen and oxygen atoms in total. The summed E-state index contributed by atoms with van der Waals surface area (Å²) in [6.45, 7) is 2.90. The van der Waals surface area contributed by atoms with Crippen molar-refractivity contribution < 1.29 is 14.6 Å². The monoisotopic (exact) mass is 154 g/mol. The molecule has 0 radical (unpaired) electrons. The standard InChI is InChI=1S/C5H10O3.ClH/c1-4(2)5(7)8-3-6;/h4,6H,3H2,1-2H3;1H. The van der Waals surface area contributed by atoms with E-state index in [2.05, 4.69) is 4.74 Å². The second kappa shape index (κ2) is 5.85. The van der Waals surface area contributed by atoms with E-state index in [-0.39, 0.29) is 24.3 Å². The van der Waals surface area contributed by atoms with Gasteiger partial charge in [0.15, 0.2) is 6.79 Å². The highest BCUT2D eigenvalue weighted by molar-refractivity contribution is 5.85. The molecule has 0 fully saturated rings. The van der Waals surface area contributed by atoms with Gasteiger partial charge in [0.05, 0.1) is 5.92 Å². The van der Waals surface area contributed by atoms with E-state index in [0.717, 1.165) is 0 Å². The number of ether oxygens (including phenoxy) is 1. The quantitative estimate of drug-likeness (QED) is 0.467. The lowest BCUT2D eigenvalue weighted by atomic mass is 10.2. The second-order valence-electron chi connectivity index (χ2n) is 1.75. The maximum atomic E-state index is 10.4. The molecule has 0 heterocycles. The van der Waals surface area contributed by atoms with Crippen LogP contribution in [0.2, 0.25) is 0 Å². The fourth-order valence-electron chi connectivity index (χ4n) is 0.230. The number of carbonyl (C=O) groups excluding carboxylic acids is 1. The number of esters is 1. The number of aliphatic hydroxyl groups is 1. The first-order valence-electron chi connectivity index (χ1n) is 2.46. The summed E-state index contributed by atoms with van der Waals surface area (Å²) in [4.78, 5) is 10.4. The molecule has 0 unspecified atom stereocenters. The van der Waals surface area contributed by atoms with Crippen LogP contribution in [0.3, 0.4) is 0 Å². The van der Waals surface area contributed by atoms with Crippen LogP contribution in [0.5, 0.6) is 0 Å². The fraction of sp³-hybridized carbons (Fsp3) is 0.800. The van der Waals surface area contributed by atoms with Crippen LogP contribution in [-0.2, 0) is 9.53 Å². The molecule has 0 saturated heterocycles.